The topological polar surface area (TPSA) is 66.6 Å². The highest BCUT2D eigenvalue weighted by molar-refractivity contribution is 5.94. The van der Waals surface area contributed by atoms with Gasteiger partial charge in [0.15, 0.2) is 5.65 Å². The second-order valence-electron chi connectivity index (χ2n) is 4.87. The van der Waals surface area contributed by atoms with E-state index in [4.69, 9.17) is 5.11 Å². The minimum Gasteiger partial charge on any atom is -0.478 e. The second-order valence-corrected chi connectivity index (χ2v) is 4.87. The van der Waals surface area contributed by atoms with Gasteiger partial charge in [-0.25, -0.2) is 9.78 Å². The first kappa shape index (κ1) is 13.5. The number of nitrogens with zero attached hydrogens (tertiary/aromatic N) is 2. The molecule has 0 radical (unpaired) electrons. The molecule has 2 rings (SSSR count). The first-order chi connectivity index (χ1) is 8.99. The van der Waals surface area contributed by atoms with Crippen LogP contribution < -0.4 is 5.32 Å². The fraction of sp³-hybridized carbons (Fsp3) is 0.385. The van der Waals surface area contributed by atoms with E-state index in [1.807, 2.05) is 0 Å². The summed E-state index contributed by atoms with van der Waals surface area (Å²) in [5.41, 5.74) is 0.841. The van der Waals surface area contributed by atoms with Gasteiger partial charge in [0.25, 0.3) is 0 Å². The molecule has 0 saturated heterocycles. The van der Waals surface area contributed by atoms with Gasteiger partial charge >= 0.3 is 5.97 Å². The van der Waals surface area contributed by atoms with E-state index in [1.54, 1.807) is 6.20 Å². The third-order valence-electron chi connectivity index (χ3n) is 2.73. The highest BCUT2D eigenvalue weighted by atomic mass is 19.1. The molecule has 0 spiro atoms. The molecule has 0 amide bonds. The third-order valence-corrected chi connectivity index (χ3v) is 2.73. The zero-order valence-electron chi connectivity index (χ0n) is 10.9. The molecule has 0 aliphatic carbocycles. The van der Waals surface area contributed by atoms with E-state index in [2.05, 4.69) is 24.1 Å². The number of imidazole rings is 1. The summed E-state index contributed by atoms with van der Waals surface area (Å²) in [4.78, 5) is 14.9. The second kappa shape index (κ2) is 5.36. The van der Waals surface area contributed by atoms with Gasteiger partial charge in [-0.2, -0.15) is 4.39 Å². The summed E-state index contributed by atoms with van der Waals surface area (Å²) in [6.45, 7) is 5.46. The van der Waals surface area contributed by atoms with Crippen molar-refractivity contribution in [3.05, 3.63) is 35.5 Å². The maximum absolute atomic E-state index is 13.5. The first-order valence-electron chi connectivity index (χ1n) is 6.08. The van der Waals surface area contributed by atoms with Gasteiger partial charge in [-0.1, -0.05) is 13.8 Å². The number of pyridine rings is 1. The number of hydrogen-bond acceptors (Lipinski definition) is 3. The molecular weight excluding hydrogens is 249 g/mol. The van der Waals surface area contributed by atoms with Gasteiger partial charge in [-0.15, -0.1) is 0 Å². The van der Waals surface area contributed by atoms with Crippen LogP contribution >= 0.6 is 0 Å². The molecule has 2 aromatic rings. The summed E-state index contributed by atoms with van der Waals surface area (Å²) >= 11 is 0. The average molecular weight is 265 g/mol. The molecule has 0 bridgehead atoms. The predicted octanol–water partition coefficient (Wildman–Crippen LogP) is 1.92. The Bertz CT molecular complexity index is 607. The molecule has 5 nitrogen and oxygen atoms in total. The molecule has 2 N–H and O–H groups in total. The van der Waals surface area contributed by atoms with Crippen LogP contribution in [-0.2, 0) is 6.54 Å². The van der Waals surface area contributed by atoms with E-state index in [1.165, 1.54) is 6.07 Å². The van der Waals surface area contributed by atoms with Gasteiger partial charge in [0.1, 0.15) is 5.56 Å². The van der Waals surface area contributed by atoms with Crippen LogP contribution in [0.2, 0.25) is 0 Å². The van der Waals surface area contributed by atoms with Crippen LogP contribution in [0.25, 0.3) is 5.65 Å². The first-order valence-corrected chi connectivity index (χ1v) is 6.08. The lowest BCUT2D eigenvalue weighted by Crippen LogP contribution is -2.19. The Labute approximate surface area is 110 Å². The number of aromatic carboxylic acids is 1. The summed E-state index contributed by atoms with van der Waals surface area (Å²) in [6.07, 6.45) is 2.59. The molecule has 102 valence electrons. The number of carboxylic acid groups (broad SMARTS) is 1. The molecule has 19 heavy (non-hydrogen) atoms. The van der Waals surface area contributed by atoms with E-state index in [0.717, 1.165) is 17.1 Å². The van der Waals surface area contributed by atoms with Crippen molar-refractivity contribution >= 4 is 11.6 Å². The molecule has 0 fully saturated rings. The summed E-state index contributed by atoms with van der Waals surface area (Å²) in [7, 11) is 0. The predicted molar refractivity (Wildman–Crippen MR) is 68.7 cm³/mol. The summed E-state index contributed by atoms with van der Waals surface area (Å²) in [5.74, 6) is -1.18. The molecule has 0 unspecified atom stereocenters. The number of aromatic nitrogens is 2. The third kappa shape index (κ3) is 2.90. The molecule has 0 atom stereocenters. The number of nitrogens with one attached hydrogen (secondary N) is 1. The van der Waals surface area contributed by atoms with Crippen LogP contribution in [0.15, 0.2) is 18.5 Å². The van der Waals surface area contributed by atoms with E-state index >= 15 is 0 Å². The Morgan fingerprint density at radius 1 is 1.58 bits per heavy atom. The van der Waals surface area contributed by atoms with Crippen LogP contribution in [0.3, 0.4) is 0 Å². The van der Waals surface area contributed by atoms with Gasteiger partial charge in [0, 0.05) is 12.7 Å². The molecule has 0 saturated carbocycles. The summed E-state index contributed by atoms with van der Waals surface area (Å²) < 4.78 is 14.7. The van der Waals surface area contributed by atoms with E-state index in [9.17, 15) is 9.18 Å². The quantitative estimate of drug-likeness (QED) is 0.866. The summed E-state index contributed by atoms with van der Waals surface area (Å²) in [6, 6.07) is 1.53. The number of fused-ring (bicyclic) bond motifs is 1. The lowest BCUT2D eigenvalue weighted by molar-refractivity contribution is 0.0698. The van der Waals surface area contributed by atoms with E-state index < -0.39 is 11.9 Å². The normalized spacial score (nSPS) is 11.4. The van der Waals surface area contributed by atoms with Crippen molar-refractivity contribution in [1.82, 2.24) is 14.7 Å². The highest BCUT2D eigenvalue weighted by Gasteiger charge is 2.14. The lowest BCUT2D eigenvalue weighted by atomic mass is 10.1. The van der Waals surface area contributed by atoms with Crippen LogP contribution in [-0.4, -0.2) is 27.0 Å². The Morgan fingerprint density at radius 2 is 2.32 bits per heavy atom. The van der Waals surface area contributed by atoms with Crippen LogP contribution in [0.5, 0.6) is 0 Å². The van der Waals surface area contributed by atoms with Gasteiger partial charge in [-0.3, -0.25) is 4.40 Å². The zero-order chi connectivity index (χ0) is 14.0. The van der Waals surface area contributed by atoms with E-state index in [-0.39, 0.29) is 11.2 Å². The Morgan fingerprint density at radius 3 is 2.95 bits per heavy atom. The van der Waals surface area contributed by atoms with Crippen molar-refractivity contribution in [3.8, 4) is 0 Å². The highest BCUT2D eigenvalue weighted by Crippen LogP contribution is 2.14. The van der Waals surface area contributed by atoms with Crippen LogP contribution in [0.1, 0.15) is 29.8 Å². The number of carboxylic acids is 1. The minimum absolute atomic E-state index is 0.00717. The maximum Gasteiger partial charge on any atom is 0.339 e. The monoisotopic (exact) mass is 265 g/mol. The molecular formula is C13H16FN3O2. The minimum atomic E-state index is -1.11. The zero-order valence-corrected chi connectivity index (χ0v) is 10.9. The Balaban J connectivity index is 2.34. The number of hydrogen-bond donors (Lipinski definition) is 2. The Hall–Kier alpha value is -1.95. The SMILES string of the molecule is CC(C)CNCc1cc(C(=O)O)c2ncc(F)n2c1. The number of carbonyl (C=O) groups is 1. The van der Waals surface area contributed by atoms with Crippen molar-refractivity contribution in [2.24, 2.45) is 5.92 Å². The Kier molecular flexibility index (Phi) is 3.80. The van der Waals surface area contributed by atoms with Crippen molar-refractivity contribution in [2.45, 2.75) is 20.4 Å². The van der Waals surface area contributed by atoms with Crippen molar-refractivity contribution in [3.63, 3.8) is 0 Å². The molecule has 0 aliphatic rings. The molecule has 0 aromatic carbocycles. The van der Waals surface area contributed by atoms with Crippen LogP contribution in [0.4, 0.5) is 4.39 Å². The van der Waals surface area contributed by atoms with E-state index in [0.29, 0.717) is 18.0 Å². The van der Waals surface area contributed by atoms with Crippen molar-refractivity contribution in [1.29, 1.82) is 0 Å². The van der Waals surface area contributed by atoms with Gasteiger partial charge in [0.2, 0.25) is 5.95 Å². The van der Waals surface area contributed by atoms with Gasteiger partial charge < -0.3 is 10.4 Å². The molecule has 6 heteroatoms. The fourth-order valence-electron chi connectivity index (χ4n) is 1.87. The molecule has 2 aromatic heterocycles. The fourth-order valence-corrected chi connectivity index (χ4v) is 1.87. The number of halogens is 1. The largest absolute Gasteiger partial charge is 0.478 e. The summed E-state index contributed by atoms with van der Waals surface area (Å²) in [5, 5.41) is 12.3. The number of rotatable bonds is 5. The standard InChI is InChI=1S/C13H16FN3O2/c1-8(2)4-15-5-9-3-10(13(18)19)12-16-6-11(14)17(12)7-9/h3,6-8,15H,4-5H2,1-2H3,(H,18,19). The van der Waals surface area contributed by atoms with Crippen molar-refractivity contribution < 1.29 is 14.3 Å². The van der Waals surface area contributed by atoms with Gasteiger partial charge in [0.05, 0.1) is 6.20 Å². The van der Waals surface area contributed by atoms with Gasteiger partial charge in [-0.05, 0) is 24.1 Å². The van der Waals surface area contributed by atoms with Crippen LogP contribution in [0, 0.1) is 11.9 Å². The van der Waals surface area contributed by atoms with Crippen molar-refractivity contribution in [2.75, 3.05) is 6.54 Å². The smallest absolute Gasteiger partial charge is 0.339 e. The lowest BCUT2D eigenvalue weighted by Gasteiger charge is -2.09. The average Bonchev–Trinajstić information content (AvgIpc) is 2.70. The maximum atomic E-state index is 13.5. The molecule has 2 heterocycles. The molecule has 0 aliphatic heterocycles.